The van der Waals surface area contributed by atoms with Crippen LogP contribution in [0.2, 0.25) is 0 Å². The number of ether oxygens (including phenoxy) is 2. The molecule has 1 saturated heterocycles. The van der Waals surface area contributed by atoms with E-state index < -0.39 is 0 Å². The highest BCUT2D eigenvalue weighted by atomic mass is 127. The minimum atomic E-state index is -0.302. The molecule has 2 N–H and O–H groups in total. The summed E-state index contributed by atoms with van der Waals surface area (Å²) in [6.45, 7) is 12.0. The number of benzene rings is 1. The lowest BCUT2D eigenvalue weighted by molar-refractivity contribution is -0.00834. The van der Waals surface area contributed by atoms with Gasteiger partial charge in [0.25, 0.3) is 0 Å². The van der Waals surface area contributed by atoms with E-state index >= 15 is 0 Å². The van der Waals surface area contributed by atoms with Crippen LogP contribution < -0.4 is 15.4 Å². The van der Waals surface area contributed by atoms with Crippen LogP contribution in [0.3, 0.4) is 0 Å². The fraction of sp³-hybridized carbons (Fsp3) is 0.478. The molecule has 2 heterocycles. The van der Waals surface area contributed by atoms with Crippen LogP contribution in [-0.2, 0) is 11.3 Å². The van der Waals surface area contributed by atoms with Crippen LogP contribution in [0.25, 0.3) is 0 Å². The van der Waals surface area contributed by atoms with Crippen molar-refractivity contribution in [3.8, 4) is 11.6 Å². The minimum absolute atomic E-state index is 0. The second-order valence-corrected chi connectivity index (χ2v) is 8.02. The van der Waals surface area contributed by atoms with Crippen LogP contribution in [0.1, 0.15) is 26.3 Å². The van der Waals surface area contributed by atoms with Gasteiger partial charge in [-0.25, -0.2) is 14.4 Å². The molecule has 0 spiro atoms. The maximum atomic E-state index is 13.1. The molecular formula is C23H33FIN5O2. The first kappa shape index (κ1) is 26.3. The summed E-state index contributed by atoms with van der Waals surface area (Å²) in [4.78, 5) is 11.4. The Balaban J connectivity index is 0.00000363. The molecule has 0 bridgehead atoms. The van der Waals surface area contributed by atoms with Crippen molar-refractivity contribution in [3.63, 3.8) is 0 Å². The molecule has 0 amide bonds. The van der Waals surface area contributed by atoms with E-state index in [9.17, 15) is 4.39 Å². The molecule has 0 unspecified atom stereocenters. The van der Waals surface area contributed by atoms with E-state index in [2.05, 4.69) is 34.4 Å². The van der Waals surface area contributed by atoms with Crippen molar-refractivity contribution in [2.75, 3.05) is 39.4 Å². The van der Waals surface area contributed by atoms with Gasteiger partial charge >= 0.3 is 0 Å². The van der Waals surface area contributed by atoms with Gasteiger partial charge in [-0.15, -0.1) is 24.0 Å². The highest BCUT2D eigenvalue weighted by molar-refractivity contribution is 14.0. The lowest BCUT2D eigenvalue weighted by Crippen LogP contribution is -2.56. The van der Waals surface area contributed by atoms with Gasteiger partial charge in [-0.05, 0) is 56.7 Å². The standard InChI is InChI=1S/C23H32FN5O2.HI/c1-4-25-22(28-17-23(2,3)29-11-13-30-14-12-29)27-16-18-9-10-26-21(15-18)31-20-7-5-19(24)6-8-20;/h5-10,15H,4,11-14,16-17H2,1-3H3,(H2,25,27,28);1H. The van der Waals surface area contributed by atoms with Crippen molar-refractivity contribution < 1.29 is 13.9 Å². The summed E-state index contributed by atoms with van der Waals surface area (Å²) in [6.07, 6.45) is 1.69. The van der Waals surface area contributed by atoms with Crippen LogP contribution in [0.15, 0.2) is 47.6 Å². The first-order valence-corrected chi connectivity index (χ1v) is 10.7. The Morgan fingerprint density at radius 3 is 2.59 bits per heavy atom. The molecule has 176 valence electrons. The van der Waals surface area contributed by atoms with Gasteiger partial charge in [-0.1, -0.05) is 0 Å². The first-order valence-electron chi connectivity index (χ1n) is 10.7. The molecule has 1 aromatic carbocycles. The summed E-state index contributed by atoms with van der Waals surface area (Å²) in [6, 6.07) is 9.61. The minimum Gasteiger partial charge on any atom is -0.439 e. The van der Waals surface area contributed by atoms with E-state index in [1.165, 1.54) is 12.1 Å². The van der Waals surface area contributed by atoms with Crippen LogP contribution in [0, 0.1) is 5.82 Å². The normalized spacial score (nSPS) is 15.1. The molecule has 3 rings (SSSR count). The maximum absolute atomic E-state index is 13.1. The molecule has 0 atom stereocenters. The van der Waals surface area contributed by atoms with Crippen molar-refractivity contribution in [2.24, 2.45) is 4.99 Å². The second kappa shape index (κ2) is 12.9. The van der Waals surface area contributed by atoms with Crippen molar-refractivity contribution in [1.82, 2.24) is 20.5 Å². The smallest absolute Gasteiger partial charge is 0.219 e. The number of guanidine groups is 1. The Morgan fingerprint density at radius 1 is 1.19 bits per heavy atom. The van der Waals surface area contributed by atoms with Crippen LogP contribution in [0.5, 0.6) is 11.6 Å². The quantitative estimate of drug-likeness (QED) is 0.293. The van der Waals surface area contributed by atoms with Gasteiger partial charge in [0.2, 0.25) is 5.88 Å². The molecule has 0 aliphatic carbocycles. The molecule has 9 heteroatoms. The monoisotopic (exact) mass is 557 g/mol. The van der Waals surface area contributed by atoms with E-state index in [0.29, 0.717) is 18.2 Å². The Bertz CT molecular complexity index is 858. The zero-order valence-corrected chi connectivity index (χ0v) is 21.3. The van der Waals surface area contributed by atoms with Crippen molar-refractivity contribution in [1.29, 1.82) is 0 Å². The average molecular weight is 557 g/mol. The van der Waals surface area contributed by atoms with Gasteiger partial charge < -0.3 is 20.1 Å². The van der Waals surface area contributed by atoms with Crippen LogP contribution >= 0.6 is 24.0 Å². The zero-order chi connectivity index (χ0) is 22.1. The van der Waals surface area contributed by atoms with Gasteiger partial charge in [0, 0.05) is 44.0 Å². The number of aliphatic imine (C=N–C) groups is 1. The average Bonchev–Trinajstić information content (AvgIpc) is 2.78. The summed E-state index contributed by atoms with van der Waals surface area (Å²) in [5.41, 5.74) is 0.962. The molecule has 32 heavy (non-hydrogen) atoms. The van der Waals surface area contributed by atoms with E-state index in [1.807, 2.05) is 19.1 Å². The fourth-order valence-corrected chi connectivity index (χ4v) is 3.32. The van der Waals surface area contributed by atoms with Crippen LogP contribution in [0.4, 0.5) is 4.39 Å². The SMILES string of the molecule is CCNC(=NCc1ccnc(Oc2ccc(F)cc2)c1)NCC(C)(C)N1CCOCC1.I. The third-order valence-corrected chi connectivity index (χ3v) is 5.15. The number of aromatic nitrogens is 1. The van der Waals surface area contributed by atoms with Gasteiger partial charge in [0.1, 0.15) is 11.6 Å². The lowest BCUT2D eigenvalue weighted by Gasteiger charge is -2.41. The van der Waals surface area contributed by atoms with E-state index in [0.717, 1.165) is 50.9 Å². The van der Waals surface area contributed by atoms with Crippen molar-refractivity contribution in [3.05, 3.63) is 54.0 Å². The van der Waals surface area contributed by atoms with Crippen molar-refractivity contribution in [2.45, 2.75) is 32.9 Å². The first-order chi connectivity index (χ1) is 15.0. The number of nitrogens with zero attached hydrogens (tertiary/aromatic N) is 3. The summed E-state index contributed by atoms with van der Waals surface area (Å²) in [5.74, 6) is 1.45. The second-order valence-electron chi connectivity index (χ2n) is 8.02. The summed E-state index contributed by atoms with van der Waals surface area (Å²) in [7, 11) is 0. The molecule has 1 fully saturated rings. The fourth-order valence-electron chi connectivity index (χ4n) is 3.32. The molecule has 2 aromatic rings. The van der Waals surface area contributed by atoms with Gasteiger partial charge in [-0.2, -0.15) is 0 Å². The zero-order valence-electron chi connectivity index (χ0n) is 18.9. The number of rotatable bonds is 8. The predicted octanol–water partition coefficient (Wildman–Crippen LogP) is 3.80. The summed E-state index contributed by atoms with van der Waals surface area (Å²) in [5, 5.41) is 6.76. The Morgan fingerprint density at radius 2 is 1.91 bits per heavy atom. The number of hydrogen-bond donors (Lipinski definition) is 2. The predicted molar refractivity (Wildman–Crippen MR) is 135 cm³/mol. The third-order valence-electron chi connectivity index (χ3n) is 5.15. The van der Waals surface area contributed by atoms with Crippen molar-refractivity contribution >= 4 is 29.9 Å². The highest BCUT2D eigenvalue weighted by Crippen LogP contribution is 2.20. The molecule has 7 nitrogen and oxygen atoms in total. The van der Waals surface area contributed by atoms with E-state index in [-0.39, 0.29) is 35.3 Å². The molecule has 1 aliphatic rings. The number of nitrogens with one attached hydrogen (secondary N) is 2. The summed E-state index contributed by atoms with van der Waals surface area (Å²) < 4.78 is 24.2. The molecule has 1 aliphatic heterocycles. The topological polar surface area (TPSA) is 71.0 Å². The molecule has 1 aromatic heterocycles. The number of morpholine rings is 1. The molecular weight excluding hydrogens is 524 g/mol. The van der Waals surface area contributed by atoms with Gasteiger partial charge in [0.15, 0.2) is 5.96 Å². The molecule has 0 radical (unpaired) electrons. The van der Waals surface area contributed by atoms with Gasteiger partial charge in [0.05, 0.1) is 19.8 Å². The summed E-state index contributed by atoms with van der Waals surface area (Å²) >= 11 is 0. The lowest BCUT2D eigenvalue weighted by atomic mass is 10.0. The largest absolute Gasteiger partial charge is 0.439 e. The number of pyridine rings is 1. The maximum Gasteiger partial charge on any atom is 0.219 e. The Kier molecular flexibility index (Phi) is 10.6. The van der Waals surface area contributed by atoms with E-state index in [4.69, 9.17) is 14.5 Å². The Hall–Kier alpha value is -1.98. The molecule has 0 saturated carbocycles. The van der Waals surface area contributed by atoms with E-state index in [1.54, 1.807) is 18.3 Å². The highest BCUT2D eigenvalue weighted by Gasteiger charge is 2.28. The van der Waals surface area contributed by atoms with Gasteiger partial charge in [-0.3, -0.25) is 4.90 Å². The van der Waals surface area contributed by atoms with Crippen LogP contribution in [-0.4, -0.2) is 60.8 Å². The Labute approximate surface area is 206 Å². The number of halogens is 2. The third kappa shape index (κ3) is 8.18. The number of hydrogen-bond acceptors (Lipinski definition) is 5.